The molecule has 1 aliphatic rings. The van der Waals surface area contributed by atoms with E-state index in [0.717, 1.165) is 38.2 Å². The Morgan fingerprint density at radius 2 is 1.69 bits per heavy atom. The third kappa shape index (κ3) is 5.77. The fourth-order valence-electron chi connectivity index (χ4n) is 4.81. The van der Waals surface area contributed by atoms with Crippen LogP contribution >= 0.6 is 11.3 Å². The minimum absolute atomic E-state index is 0.0260. The van der Waals surface area contributed by atoms with Crippen molar-refractivity contribution in [1.82, 2.24) is 9.80 Å². The number of nitrogens with zero attached hydrogens (tertiary/aromatic N) is 3. The molecule has 1 aromatic heterocycles. The van der Waals surface area contributed by atoms with Gasteiger partial charge in [0, 0.05) is 60.5 Å². The van der Waals surface area contributed by atoms with Crippen LogP contribution in [0.1, 0.15) is 52.3 Å². The molecule has 0 atom stereocenters. The van der Waals surface area contributed by atoms with Crippen molar-refractivity contribution in [1.29, 1.82) is 0 Å². The van der Waals surface area contributed by atoms with Crippen LogP contribution in [0.15, 0.2) is 60.0 Å². The molecule has 1 aliphatic heterocycles. The van der Waals surface area contributed by atoms with E-state index in [9.17, 15) is 9.59 Å². The molecule has 0 radical (unpaired) electrons. The number of piperidine rings is 1. The Kier molecular flexibility index (Phi) is 8.38. The predicted molar refractivity (Wildman–Crippen MR) is 143 cm³/mol. The van der Waals surface area contributed by atoms with E-state index in [1.807, 2.05) is 30.9 Å². The zero-order valence-corrected chi connectivity index (χ0v) is 21.6. The van der Waals surface area contributed by atoms with Crippen molar-refractivity contribution in [3.63, 3.8) is 0 Å². The molecule has 4 rings (SSSR count). The van der Waals surface area contributed by atoms with Gasteiger partial charge in [-0.05, 0) is 80.6 Å². The predicted octanol–water partition coefficient (Wildman–Crippen LogP) is 5.27. The van der Waals surface area contributed by atoms with E-state index in [1.165, 1.54) is 23.1 Å². The molecule has 1 fully saturated rings. The number of likely N-dealkylation sites (tertiary alicyclic amines) is 1. The highest BCUT2D eigenvalue weighted by molar-refractivity contribution is 7.09. The third-order valence-electron chi connectivity index (χ3n) is 6.82. The summed E-state index contributed by atoms with van der Waals surface area (Å²) in [5.41, 5.74) is 7.48. The summed E-state index contributed by atoms with van der Waals surface area (Å²) in [6, 6.07) is 15.8. The van der Waals surface area contributed by atoms with Crippen LogP contribution in [0, 0.1) is 5.82 Å². The van der Waals surface area contributed by atoms with Gasteiger partial charge in [0.25, 0.3) is 5.91 Å². The van der Waals surface area contributed by atoms with Crippen LogP contribution in [-0.2, 0) is 6.54 Å². The van der Waals surface area contributed by atoms with Crippen molar-refractivity contribution < 1.29 is 14.0 Å². The number of thiophene rings is 1. The lowest BCUT2D eigenvalue weighted by molar-refractivity contribution is 0.0772. The Morgan fingerprint density at radius 3 is 2.28 bits per heavy atom. The molecular formula is C28H33FN4O2S. The van der Waals surface area contributed by atoms with E-state index < -0.39 is 11.7 Å². The molecule has 3 aromatic rings. The van der Waals surface area contributed by atoms with Crippen molar-refractivity contribution in [3.05, 3.63) is 81.8 Å². The monoisotopic (exact) mass is 508 g/mol. The molecule has 2 amide bonds. The van der Waals surface area contributed by atoms with Crippen molar-refractivity contribution in [2.24, 2.45) is 5.73 Å². The first-order valence-electron chi connectivity index (χ1n) is 12.4. The molecule has 0 unspecified atom stereocenters. The summed E-state index contributed by atoms with van der Waals surface area (Å²) in [5, 5.41) is 2.09. The number of anilines is 2. The molecule has 0 bridgehead atoms. The lowest BCUT2D eigenvalue weighted by Gasteiger charge is -2.40. The van der Waals surface area contributed by atoms with Gasteiger partial charge in [0.15, 0.2) is 0 Å². The zero-order chi connectivity index (χ0) is 25.7. The molecule has 2 heterocycles. The molecule has 36 heavy (non-hydrogen) atoms. The summed E-state index contributed by atoms with van der Waals surface area (Å²) in [6.07, 6.45) is 1.68. The molecule has 2 aromatic carbocycles. The maximum Gasteiger partial charge on any atom is 0.253 e. The van der Waals surface area contributed by atoms with Gasteiger partial charge < -0.3 is 15.5 Å². The largest absolute Gasteiger partial charge is 0.366 e. The summed E-state index contributed by atoms with van der Waals surface area (Å²) in [4.78, 5) is 32.2. The van der Waals surface area contributed by atoms with Crippen molar-refractivity contribution >= 4 is 34.5 Å². The van der Waals surface area contributed by atoms with Gasteiger partial charge in [-0.25, -0.2) is 4.39 Å². The second-order valence-electron chi connectivity index (χ2n) is 9.01. The molecular weight excluding hydrogens is 475 g/mol. The van der Waals surface area contributed by atoms with E-state index in [4.69, 9.17) is 5.73 Å². The minimum Gasteiger partial charge on any atom is -0.366 e. The Bertz CT molecular complexity index is 1170. The first-order chi connectivity index (χ1) is 17.4. The molecule has 0 aliphatic carbocycles. The van der Waals surface area contributed by atoms with Crippen molar-refractivity contribution in [2.75, 3.05) is 31.1 Å². The highest BCUT2D eigenvalue weighted by Crippen LogP contribution is 2.35. The fourth-order valence-corrected chi connectivity index (χ4v) is 5.56. The zero-order valence-electron chi connectivity index (χ0n) is 20.8. The van der Waals surface area contributed by atoms with E-state index in [-0.39, 0.29) is 17.5 Å². The lowest BCUT2D eigenvalue weighted by atomic mass is 10.00. The number of carbonyl (C=O) groups excluding carboxylic acids is 2. The van der Waals surface area contributed by atoms with Gasteiger partial charge in [-0.1, -0.05) is 6.07 Å². The number of rotatable bonds is 9. The summed E-state index contributed by atoms with van der Waals surface area (Å²) < 4.78 is 15.2. The van der Waals surface area contributed by atoms with Gasteiger partial charge in [-0.2, -0.15) is 0 Å². The topological polar surface area (TPSA) is 69.9 Å². The molecule has 1 saturated heterocycles. The Balaban J connectivity index is 1.63. The van der Waals surface area contributed by atoms with Crippen LogP contribution in [0.5, 0.6) is 0 Å². The van der Waals surface area contributed by atoms with Gasteiger partial charge in [0.2, 0.25) is 5.91 Å². The van der Waals surface area contributed by atoms with Crippen LogP contribution in [0.3, 0.4) is 0 Å². The fraction of sp³-hybridized carbons (Fsp3) is 0.357. The average molecular weight is 509 g/mol. The average Bonchev–Trinajstić information content (AvgIpc) is 3.40. The van der Waals surface area contributed by atoms with Crippen molar-refractivity contribution in [3.8, 4) is 0 Å². The smallest absolute Gasteiger partial charge is 0.253 e. The number of primary amides is 1. The van der Waals surface area contributed by atoms with Gasteiger partial charge in [-0.15, -0.1) is 11.3 Å². The SMILES string of the molecule is CCN(CC)C(=O)c1ccc(N(c2cc(C(N)=O)ccc2F)C2CCN(Cc3cccs3)CC2)cc1. The standard InChI is InChI=1S/C28H33FN4O2S/c1-3-32(4-2)28(35)20-7-10-22(11-8-20)33(26-18-21(27(30)34)9-12-25(26)29)23-13-15-31(16-14-23)19-24-6-5-17-36-24/h5-12,17-18,23H,3-4,13-16,19H2,1-2H3,(H2,30,34). The second-order valence-corrected chi connectivity index (χ2v) is 10.0. The van der Waals surface area contributed by atoms with Gasteiger partial charge in [-0.3, -0.25) is 14.5 Å². The number of amides is 2. The Morgan fingerprint density at radius 1 is 1.03 bits per heavy atom. The van der Waals surface area contributed by atoms with Crippen LogP contribution in [-0.4, -0.2) is 53.8 Å². The highest BCUT2D eigenvalue weighted by Gasteiger charge is 2.28. The maximum absolute atomic E-state index is 15.2. The molecule has 190 valence electrons. The van der Waals surface area contributed by atoms with Gasteiger partial charge in [0.1, 0.15) is 5.82 Å². The van der Waals surface area contributed by atoms with E-state index in [2.05, 4.69) is 22.4 Å². The number of hydrogen-bond acceptors (Lipinski definition) is 5. The summed E-state index contributed by atoms with van der Waals surface area (Å²) in [7, 11) is 0. The van der Waals surface area contributed by atoms with Gasteiger partial charge in [0.05, 0.1) is 5.69 Å². The van der Waals surface area contributed by atoms with Crippen LogP contribution < -0.4 is 10.6 Å². The van der Waals surface area contributed by atoms with E-state index in [0.29, 0.717) is 24.3 Å². The van der Waals surface area contributed by atoms with E-state index in [1.54, 1.807) is 28.4 Å². The summed E-state index contributed by atoms with van der Waals surface area (Å²) >= 11 is 1.76. The first kappa shape index (κ1) is 25.9. The summed E-state index contributed by atoms with van der Waals surface area (Å²) in [6.45, 7) is 7.87. The van der Waals surface area contributed by atoms with Crippen LogP contribution in [0.2, 0.25) is 0 Å². The lowest BCUT2D eigenvalue weighted by Crippen LogP contribution is -2.43. The maximum atomic E-state index is 15.2. The minimum atomic E-state index is -0.595. The van der Waals surface area contributed by atoms with Crippen LogP contribution in [0.4, 0.5) is 15.8 Å². The third-order valence-corrected chi connectivity index (χ3v) is 7.68. The Hall–Kier alpha value is -3.23. The normalized spacial score (nSPS) is 14.5. The molecule has 0 saturated carbocycles. The molecule has 0 spiro atoms. The highest BCUT2D eigenvalue weighted by atomic mass is 32.1. The molecule has 6 nitrogen and oxygen atoms in total. The number of halogens is 1. The van der Waals surface area contributed by atoms with E-state index >= 15 is 4.39 Å². The quantitative estimate of drug-likeness (QED) is 0.428. The van der Waals surface area contributed by atoms with Crippen LogP contribution in [0.25, 0.3) is 0 Å². The molecule has 2 N–H and O–H groups in total. The second kappa shape index (κ2) is 11.7. The van der Waals surface area contributed by atoms with Gasteiger partial charge >= 0.3 is 0 Å². The van der Waals surface area contributed by atoms with Crippen molar-refractivity contribution in [2.45, 2.75) is 39.3 Å². The number of hydrogen-bond donors (Lipinski definition) is 1. The number of benzene rings is 2. The number of nitrogens with two attached hydrogens (primary N) is 1. The Labute approximate surface area is 216 Å². The first-order valence-corrected chi connectivity index (χ1v) is 13.3. The summed E-state index contributed by atoms with van der Waals surface area (Å²) in [5.74, 6) is -1.03. The number of carbonyl (C=O) groups is 2. The molecule has 8 heteroatoms.